The summed E-state index contributed by atoms with van der Waals surface area (Å²) in [5.41, 5.74) is 0.587. The van der Waals surface area contributed by atoms with E-state index in [4.69, 9.17) is 4.74 Å². The lowest BCUT2D eigenvalue weighted by atomic mass is 10.0. The second-order valence-corrected chi connectivity index (χ2v) is 3.89. The predicted octanol–water partition coefficient (Wildman–Crippen LogP) is 2.14. The SMILES string of the molecule is C=C(CC(O)c1ccc([N+](=O)[O-])cc1)C(=O)OCC. The zero-order valence-electron chi connectivity index (χ0n) is 10.5. The first-order valence-electron chi connectivity index (χ1n) is 5.73. The van der Waals surface area contributed by atoms with E-state index in [9.17, 15) is 20.0 Å². The van der Waals surface area contributed by atoms with E-state index in [0.717, 1.165) is 0 Å². The Hall–Kier alpha value is -2.21. The van der Waals surface area contributed by atoms with E-state index < -0.39 is 17.0 Å². The van der Waals surface area contributed by atoms with Gasteiger partial charge < -0.3 is 9.84 Å². The van der Waals surface area contributed by atoms with Crippen LogP contribution in [0.15, 0.2) is 36.4 Å². The van der Waals surface area contributed by atoms with Gasteiger partial charge in [0.15, 0.2) is 0 Å². The Morgan fingerprint density at radius 2 is 2.05 bits per heavy atom. The lowest BCUT2D eigenvalue weighted by Gasteiger charge is -2.12. The van der Waals surface area contributed by atoms with Crippen LogP contribution in [0.3, 0.4) is 0 Å². The Kier molecular flexibility index (Phi) is 5.20. The number of ether oxygens (including phenoxy) is 1. The van der Waals surface area contributed by atoms with Crippen LogP contribution in [-0.4, -0.2) is 22.6 Å². The summed E-state index contributed by atoms with van der Waals surface area (Å²) in [5, 5.41) is 20.4. The van der Waals surface area contributed by atoms with E-state index in [2.05, 4.69) is 6.58 Å². The van der Waals surface area contributed by atoms with Gasteiger partial charge in [0.2, 0.25) is 0 Å². The Morgan fingerprint density at radius 3 is 2.53 bits per heavy atom. The molecule has 1 aromatic rings. The Morgan fingerprint density at radius 1 is 1.47 bits per heavy atom. The standard InChI is InChI=1S/C13H15NO5/c1-3-19-13(16)9(2)8-12(15)10-4-6-11(7-5-10)14(17)18/h4-7,12,15H,2-3,8H2,1H3. The molecule has 1 N–H and O–H groups in total. The number of hydrogen-bond donors (Lipinski definition) is 1. The summed E-state index contributed by atoms with van der Waals surface area (Å²) < 4.78 is 4.75. The molecule has 0 fully saturated rings. The smallest absolute Gasteiger partial charge is 0.333 e. The molecule has 0 amide bonds. The molecule has 0 aliphatic carbocycles. The van der Waals surface area contributed by atoms with E-state index >= 15 is 0 Å². The lowest BCUT2D eigenvalue weighted by molar-refractivity contribution is -0.384. The van der Waals surface area contributed by atoms with E-state index in [1.165, 1.54) is 24.3 Å². The van der Waals surface area contributed by atoms with Gasteiger partial charge in [-0.3, -0.25) is 10.1 Å². The average molecular weight is 265 g/mol. The summed E-state index contributed by atoms with van der Waals surface area (Å²) in [7, 11) is 0. The van der Waals surface area contributed by atoms with Crippen molar-refractivity contribution in [3.05, 3.63) is 52.1 Å². The molecule has 0 radical (unpaired) electrons. The molecule has 1 atom stereocenters. The van der Waals surface area contributed by atoms with Crippen LogP contribution in [0.1, 0.15) is 25.0 Å². The molecule has 0 heterocycles. The Bertz CT molecular complexity index is 480. The van der Waals surface area contributed by atoms with Crippen LogP contribution in [0.4, 0.5) is 5.69 Å². The second-order valence-electron chi connectivity index (χ2n) is 3.89. The number of esters is 1. The zero-order chi connectivity index (χ0) is 14.4. The van der Waals surface area contributed by atoms with Gasteiger partial charge in [-0.1, -0.05) is 6.58 Å². The molecular formula is C13H15NO5. The minimum Gasteiger partial charge on any atom is -0.463 e. The highest BCUT2D eigenvalue weighted by molar-refractivity contribution is 5.87. The van der Waals surface area contributed by atoms with Crippen molar-refractivity contribution in [2.75, 3.05) is 6.61 Å². The number of carbonyl (C=O) groups is 1. The number of nitrogens with zero attached hydrogens (tertiary/aromatic N) is 1. The van der Waals surface area contributed by atoms with Crippen molar-refractivity contribution in [2.24, 2.45) is 0 Å². The van der Waals surface area contributed by atoms with Gasteiger partial charge in [0.1, 0.15) is 0 Å². The molecule has 1 unspecified atom stereocenters. The van der Waals surface area contributed by atoms with Crippen LogP contribution in [-0.2, 0) is 9.53 Å². The summed E-state index contributed by atoms with van der Waals surface area (Å²) in [6.07, 6.45) is -0.922. The fraction of sp³-hybridized carbons (Fsp3) is 0.308. The first kappa shape index (κ1) is 14.8. The molecule has 0 aliphatic heterocycles. The van der Waals surface area contributed by atoms with Gasteiger partial charge in [-0.25, -0.2) is 4.79 Å². The minimum atomic E-state index is -0.947. The summed E-state index contributed by atoms with van der Waals surface area (Å²) in [6, 6.07) is 5.49. The number of rotatable bonds is 6. The number of benzene rings is 1. The third-order valence-electron chi connectivity index (χ3n) is 2.49. The maximum absolute atomic E-state index is 11.3. The zero-order valence-corrected chi connectivity index (χ0v) is 10.5. The molecule has 0 saturated carbocycles. The van der Waals surface area contributed by atoms with Crippen molar-refractivity contribution in [2.45, 2.75) is 19.4 Å². The second kappa shape index (κ2) is 6.65. The van der Waals surface area contributed by atoms with Crippen LogP contribution in [0.2, 0.25) is 0 Å². The molecule has 0 saturated heterocycles. The molecule has 19 heavy (non-hydrogen) atoms. The fourth-order valence-corrected chi connectivity index (χ4v) is 1.49. The summed E-state index contributed by atoms with van der Waals surface area (Å²) >= 11 is 0. The minimum absolute atomic E-state index is 0.0244. The molecule has 1 rings (SSSR count). The van der Waals surface area contributed by atoms with E-state index in [0.29, 0.717) is 5.56 Å². The average Bonchev–Trinajstić information content (AvgIpc) is 2.38. The number of carbonyl (C=O) groups excluding carboxylic acids is 1. The molecule has 1 aromatic carbocycles. The molecule has 0 aliphatic rings. The highest BCUT2D eigenvalue weighted by Crippen LogP contribution is 2.23. The largest absolute Gasteiger partial charge is 0.463 e. The van der Waals surface area contributed by atoms with E-state index in [1.54, 1.807) is 6.92 Å². The molecule has 6 nitrogen and oxygen atoms in total. The topological polar surface area (TPSA) is 89.7 Å². The van der Waals surface area contributed by atoms with E-state index in [-0.39, 0.29) is 24.3 Å². The molecule has 6 heteroatoms. The van der Waals surface area contributed by atoms with Crippen molar-refractivity contribution in [3.8, 4) is 0 Å². The van der Waals surface area contributed by atoms with Crippen LogP contribution >= 0.6 is 0 Å². The number of nitro groups is 1. The van der Waals surface area contributed by atoms with Gasteiger partial charge in [0.25, 0.3) is 5.69 Å². The number of hydrogen-bond acceptors (Lipinski definition) is 5. The van der Waals surface area contributed by atoms with Gasteiger partial charge in [0, 0.05) is 24.1 Å². The summed E-state index contributed by atoms with van der Waals surface area (Å²) in [6.45, 7) is 5.46. The van der Waals surface area contributed by atoms with Gasteiger partial charge in [-0.15, -0.1) is 0 Å². The fourth-order valence-electron chi connectivity index (χ4n) is 1.49. The molecular weight excluding hydrogens is 250 g/mol. The van der Waals surface area contributed by atoms with Crippen molar-refractivity contribution >= 4 is 11.7 Å². The maximum atomic E-state index is 11.3. The monoisotopic (exact) mass is 265 g/mol. The van der Waals surface area contributed by atoms with Gasteiger partial charge in [-0.2, -0.15) is 0 Å². The Balaban J connectivity index is 2.67. The quantitative estimate of drug-likeness (QED) is 0.368. The molecule has 0 bridgehead atoms. The van der Waals surface area contributed by atoms with Crippen LogP contribution in [0, 0.1) is 10.1 Å². The van der Waals surface area contributed by atoms with Crippen molar-refractivity contribution in [1.29, 1.82) is 0 Å². The first-order valence-corrected chi connectivity index (χ1v) is 5.73. The molecule has 0 spiro atoms. The van der Waals surface area contributed by atoms with Crippen molar-refractivity contribution in [1.82, 2.24) is 0 Å². The highest BCUT2D eigenvalue weighted by Gasteiger charge is 2.16. The number of non-ortho nitro benzene ring substituents is 1. The van der Waals surface area contributed by atoms with Crippen LogP contribution < -0.4 is 0 Å². The third kappa shape index (κ3) is 4.18. The summed E-state index contributed by atoms with van der Waals surface area (Å²) in [4.78, 5) is 21.3. The van der Waals surface area contributed by atoms with Gasteiger partial charge in [0.05, 0.1) is 17.6 Å². The third-order valence-corrected chi connectivity index (χ3v) is 2.49. The summed E-state index contributed by atoms with van der Waals surface area (Å²) in [5.74, 6) is -0.552. The van der Waals surface area contributed by atoms with E-state index in [1.807, 2.05) is 0 Å². The Labute approximate surface area is 110 Å². The maximum Gasteiger partial charge on any atom is 0.333 e. The first-order chi connectivity index (χ1) is 8.95. The van der Waals surface area contributed by atoms with Crippen LogP contribution in [0.5, 0.6) is 0 Å². The van der Waals surface area contributed by atoms with Gasteiger partial charge in [-0.05, 0) is 24.6 Å². The highest BCUT2D eigenvalue weighted by atomic mass is 16.6. The predicted molar refractivity (Wildman–Crippen MR) is 68.4 cm³/mol. The van der Waals surface area contributed by atoms with Crippen molar-refractivity contribution < 1.29 is 19.6 Å². The molecule has 102 valence electrons. The van der Waals surface area contributed by atoms with Crippen LogP contribution in [0.25, 0.3) is 0 Å². The number of nitro benzene ring substituents is 1. The number of aliphatic hydroxyl groups excluding tert-OH is 1. The molecule has 0 aromatic heterocycles. The van der Waals surface area contributed by atoms with Gasteiger partial charge >= 0.3 is 5.97 Å². The lowest BCUT2D eigenvalue weighted by Crippen LogP contribution is -2.10. The normalized spacial score (nSPS) is 11.7. The van der Waals surface area contributed by atoms with Crippen molar-refractivity contribution in [3.63, 3.8) is 0 Å². The number of aliphatic hydroxyl groups is 1.